The van der Waals surface area contributed by atoms with Crippen molar-refractivity contribution in [3.05, 3.63) is 18.0 Å². The van der Waals surface area contributed by atoms with Crippen LogP contribution in [0.15, 0.2) is 12.4 Å². The molecule has 0 spiro atoms. The smallest absolute Gasteiger partial charge is 0.0543 e. The molecule has 0 aliphatic rings. The van der Waals surface area contributed by atoms with Crippen molar-refractivity contribution in [2.75, 3.05) is 0 Å². The largest absolute Gasteiger partial charge is 0.393 e. The number of aliphatic hydroxyl groups excluding tert-OH is 1. The first-order valence-electron chi connectivity index (χ1n) is 5.45. The van der Waals surface area contributed by atoms with E-state index in [4.69, 9.17) is 0 Å². The predicted molar refractivity (Wildman–Crippen MR) is 57.1 cm³/mol. The lowest BCUT2D eigenvalue weighted by Crippen LogP contribution is -2.06. The quantitative estimate of drug-likeness (QED) is 0.755. The average Bonchev–Trinajstić information content (AvgIpc) is 2.63. The summed E-state index contributed by atoms with van der Waals surface area (Å²) in [6.45, 7) is 5.08. The van der Waals surface area contributed by atoms with Gasteiger partial charge in [-0.15, -0.1) is 0 Å². The SMILES string of the molecule is CCCC(O)CCc1cnn(CC)c1. The molecule has 0 amide bonds. The van der Waals surface area contributed by atoms with Gasteiger partial charge in [0.15, 0.2) is 0 Å². The Hall–Kier alpha value is -0.830. The number of hydrogen-bond acceptors (Lipinski definition) is 2. The minimum absolute atomic E-state index is 0.148. The van der Waals surface area contributed by atoms with Crippen LogP contribution in [-0.4, -0.2) is 21.0 Å². The van der Waals surface area contributed by atoms with Crippen LogP contribution in [0.3, 0.4) is 0 Å². The summed E-state index contributed by atoms with van der Waals surface area (Å²) >= 11 is 0. The molecule has 80 valence electrons. The Morgan fingerprint density at radius 3 is 2.79 bits per heavy atom. The Morgan fingerprint density at radius 2 is 2.21 bits per heavy atom. The monoisotopic (exact) mass is 196 g/mol. The van der Waals surface area contributed by atoms with Crippen LogP contribution in [0, 0.1) is 0 Å². The summed E-state index contributed by atoms with van der Waals surface area (Å²) in [4.78, 5) is 0. The third-order valence-electron chi connectivity index (χ3n) is 2.40. The molecule has 3 heteroatoms. The van der Waals surface area contributed by atoms with Crippen molar-refractivity contribution in [3.63, 3.8) is 0 Å². The molecule has 0 saturated heterocycles. The van der Waals surface area contributed by atoms with Gasteiger partial charge in [-0.1, -0.05) is 13.3 Å². The molecule has 0 saturated carbocycles. The number of aliphatic hydroxyl groups is 1. The van der Waals surface area contributed by atoms with E-state index in [1.54, 1.807) is 0 Å². The van der Waals surface area contributed by atoms with E-state index in [1.807, 2.05) is 10.9 Å². The Labute approximate surface area is 85.8 Å². The van der Waals surface area contributed by atoms with Gasteiger partial charge in [0.05, 0.1) is 12.3 Å². The minimum atomic E-state index is -0.148. The predicted octanol–water partition coefficient (Wildman–Crippen LogP) is 2.00. The molecule has 3 nitrogen and oxygen atoms in total. The average molecular weight is 196 g/mol. The molecule has 0 aliphatic carbocycles. The van der Waals surface area contributed by atoms with Gasteiger partial charge in [0, 0.05) is 12.7 Å². The van der Waals surface area contributed by atoms with Gasteiger partial charge >= 0.3 is 0 Å². The van der Waals surface area contributed by atoms with Gasteiger partial charge in [0.25, 0.3) is 0 Å². The molecule has 1 unspecified atom stereocenters. The number of hydrogen-bond donors (Lipinski definition) is 1. The summed E-state index contributed by atoms with van der Waals surface area (Å²) in [5, 5.41) is 13.7. The summed E-state index contributed by atoms with van der Waals surface area (Å²) in [7, 11) is 0. The molecule has 1 rings (SSSR count). The van der Waals surface area contributed by atoms with E-state index in [1.165, 1.54) is 5.56 Å². The molecule has 1 heterocycles. The van der Waals surface area contributed by atoms with E-state index in [0.717, 1.165) is 32.2 Å². The van der Waals surface area contributed by atoms with Gasteiger partial charge < -0.3 is 5.11 Å². The second-order valence-corrected chi connectivity index (χ2v) is 3.69. The van der Waals surface area contributed by atoms with Crippen molar-refractivity contribution in [2.24, 2.45) is 0 Å². The first kappa shape index (κ1) is 11.2. The van der Waals surface area contributed by atoms with Gasteiger partial charge in [-0.25, -0.2) is 0 Å². The lowest BCUT2D eigenvalue weighted by molar-refractivity contribution is 0.154. The second-order valence-electron chi connectivity index (χ2n) is 3.69. The molecule has 0 aromatic carbocycles. The Bertz CT molecular complexity index is 258. The van der Waals surface area contributed by atoms with Crippen molar-refractivity contribution in [1.82, 2.24) is 9.78 Å². The van der Waals surface area contributed by atoms with E-state index >= 15 is 0 Å². The third-order valence-corrected chi connectivity index (χ3v) is 2.40. The van der Waals surface area contributed by atoms with Crippen molar-refractivity contribution in [3.8, 4) is 0 Å². The Balaban J connectivity index is 2.30. The van der Waals surface area contributed by atoms with Crippen LogP contribution < -0.4 is 0 Å². The summed E-state index contributed by atoms with van der Waals surface area (Å²) in [6.07, 6.45) is 7.53. The van der Waals surface area contributed by atoms with E-state index in [-0.39, 0.29) is 6.10 Å². The van der Waals surface area contributed by atoms with Crippen molar-refractivity contribution in [2.45, 2.75) is 52.2 Å². The molecule has 0 bridgehead atoms. The number of rotatable bonds is 6. The topological polar surface area (TPSA) is 38.1 Å². The number of nitrogens with zero attached hydrogens (tertiary/aromatic N) is 2. The van der Waals surface area contributed by atoms with Crippen molar-refractivity contribution in [1.29, 1.82) is 0 Å². The molecule has 1 aromatic rings. The number of aromatic nitrogens is 2. The van der Waals surface area contributed by atoms with Gasteiger partial charge in [-0.05, 0) is 31.7 Å². The highest BCUT2D eigenvalue weighted by Gasteiger charge is 2.04. The van der Waals surface area contributed by atoms with Crippen LogP contribution in [0.25, 0.3) is 0 Å². The molecule has 0 fully saturated rings. The maximum absolute atomic E-state index is 9.55. The zero-order valence-corrected chi connectivity index (χ0v) is 9.11. The fourth-order valence-electron chi connectivity index (χ4n) is 1.52. The Kier molecular flexibility index (Phi) is 4.66. The number of aryl methyl sites for hydroxylation is 2. The third kappa shape index (κ3) is 3.50. The zero-order valence-electron chi connectivity index (χ0n) is 9.11. The van der Waals surface area contributed by atoms with E-state index in [0.29, 0.717) is 0 Å². The van der Waals surface area contributed by atoms with Gasteiger partial charge in [0.2, 0.25) is 0 Å². The van der Waals surface area contributed by atoms with Gasteiger partial charge in [-0.2, -0.15) is 5.10 Å². The lowest BCUT2D eigenvalue weighted by atomic mass is 10.1. The molecule has 0 aliphatic heterocycles. The van der Waals surface area contributed by atoms with Crippen molar-refractivity contribution < 1.29 is 5.11 Å². The van der Waals surface area contributed by atoms with Crippen LogP contribution in [0.2, 0.25) is 0 Å². The first-order chi connectivity index (χ1) is 6.76. The molecule has 1 atom stereocenters. The summed E-state index contributed by atoms with van der Waals surface area (Å²) in [5.41, 5.74) is 1.22. The van der Waals surface area contributed by atoms with E-state index in [9.17, 15) is 5.11 Å². The minimum Gasteiger partial charge on any atom is -0.393 e. The van der Waals surface area contributed by atoms with Crippen molar-refractivity contribution >= 4 is 0 Å². The molecular weight excluding hydrogens is 176 g/mol. The van der Waals surface area contributed by atoms with Crippen LogP contribution in [0.5, 0.6) is 0 Å². The van der Waals surface area contributed by atoms with Gasteiger partial charge in [-0.3, -0.25) is 4.68 Å². The lowest BCUT2D eigenvalue weighted by Gasteiger charge is -2.06. The first-order valence-corrected chi connectivity index (χ1v) is 5.45. The van der Waals surface area contributed by atoms with Crippen LogP contribution in [-0.2, 0) is 13.0 Å². The molecule has 0 radical (unpaired) electrons. The fourth-order valence-corrected chi connectivity index (χ4v) is 1.52. The van der Waals surface area contributed by atoms with E-state index < -0.39 is 0 Å². The van der Waals surface area contributed by atoms with Crippen LogP contribution in [0.4, 0.5) is 0 Å². The maximum Gasteiger partial charge on any atom is 0.0543 e. The molecule has 1 N–H and O–H groups in total. The van der Waals surface area contributed by atoms with Crippen LogP contribution >= 0.6 is 0 Å². The highest BCUT2D eigenvalue weighted by Crippen LogP contribution is 2.07. The maximum atomic E-state index is 9.55. The van der Waals surface area contributed by atoms with Crippen LogP contribution in [0.1, 0.15) is 38.7 Å². The zero-order chi connectivity index (χ0) is 10.4. The van der Waals surface area contributed by atoms with Gasteiger partial charge in [0.1, 0.15) is 0 Å². The molecule has 1 aromatic heterocycles. The molecule has 14 heavy (non-hydrogen) atoms. The summed E-state index contributed by atoms with van der Waals surface area (Å²) in [5.74, 6) is 0. The highest BCUT2D eigenvalue weighted by molar-refractivity contribution is 5.03. The second kappa shape index (κ2) is 5.81. The normalized spacial score (nSPS) is 13.1. The summed E-state index contributed by atoms with van der Waals surface area (Å²) in [6, 6.07) is 0. The Morgan fingerprint density at radius 1 is 1.43 bits per heavy atom. The summed E-state index contributed by atoms with van der Waals surface area (Å²) < 4.78 is 1.92. The molecular formula is C11H20N2O. The van der Waals surface area contributed by atoms with E-state index in [2.05, 4.69) is 25.1 Å². The fraction of sp³-hybridized carbons (Fsp3) is 0.727. The highest BCUT2D eigenvalue weighted by atomic mass is 16.3. The standard InChI is InChI=1S/C11H20N2O/c1-3-5-11(14)7-6-10-8-12-13(4-2)9-10/h8-9,11,14H,3-7H2,1-2H3.